The second-order valence-electron chi connectivity index (χ2n) is 4.78. The fourth-order valence-electron chi connectivity index (χ4n) is 2.00. The van der Waals surface area contributed by atoms with Crippen LogP contribution in [0.5, 0.6) is 0 Å². The third-order valence-corrected chi connectivity index (χ3v) is 3.53. The third kappa shape index (κ3) is 4.92. The lowest BCUT2D eigenvalue weighted by Crippen LogP contribution is -2.16. The summed E-state index contributed by atoms with van der Waals surface area (Å²) in [7, 11) is 1.39. The number of carbonyl (C=O) groups excluding carboxylic acids is 1. The first kappa shape index (κ1) is 15.6. The van der Waals surface area contributed by atoms with Crippen LogP contribution in [-0.2, 0) is 17.7 Å². The second-order valence-corrected chi connectivity index (χ2v) is 5.30. The van der Waals surface area contributed by atoms with Gasteiger partial charge in [-0.3, -0.25) is 0 Å². The molecule has 0 aliphatic carbocycles. The van der Waals surface area contributed by atoms with Gasteiger partial charge in [0.15, 0.2) is 0 Å². The molecule has 0 aromatic heterocycles. The Kier molecular flexibility index (Phi) is 5.84. The Morgan fingerprint density at radius 2 is 1.67 bits per heavy atom. The molecule has 2 aromatic carbocycles. The number of nitrogens with one attached hydrogen (secondary N) is 1. The minimum atomic E-state index is -0.304. The molecule has 21 heavy (non-hydrogen) atoms. The fourth-order valence-corrected chi connectivity index (χ4v) is 2.15. The van der Waals surface area contributed by atoms with E-state index in [-0.39, 0.29) is 5.97 Å². The Balaban J connectivity index is 1.75. The summed E-state index contributed by atoms with van der Waals surface area (Å²) in [6, 6.07) is 15.6. The quantitative estimate of drug-likeness (QED) is 0.489. The van der Waals surface area contributed by atoms with Gasteiger partial charge in [0.25, 0.3) is 0 Å². The molecule has 4 heteroatoms. The van der Waals surface area contributed by atoms with E-state index in [9.17, 15) is 4.79 Å². The zero-order valence-electron chi connectivity index (χ0n) is 12.0. The molecule has 0 aliphatic rings. The molecule has 0 bridgehead atoms. The van der Waals surface area contributed by atoms with Gasteiger partial charge in [0, 0.05) is 11.4 Å². The smallest absolute Gasteiger partial charge is 0.337 e. The van der Waals surface area contributed by atoms with Crippen molar-refractivity contribution in [1.29, 1.82) is 0 Å². The highest BCUT2D eigenvalue weighted by atomic mass is 32.1. The molecule has 0 atom stereocenters. The second kappa shape index (κ2) is 7.86. The van der Waals surface area contributed by atoms with Crippen molar-refractivity contribution in [3.05, 3.63) is 65.2 Å². The predicted molar refractivity (Wildman–Crippen MR) is 86.9 cm³/mol. The van der Waals surface area contributed by atoms with Crippen molar-refractivity contribution in [1.82, 2.24) is 5.32 Å². The van der Waals surface area contributed by atoms with Crippen LogP contribution < -0.4 is 5.32 Å². The van der Waals surface area contributed by atoms with Crippen LogP contribution in [0, 0.1) is 0 Å². The lowest BCUT2D eigenvalue weighted by molar-refractivity contribution is 0.0600. The molecular formula is C17H19NO2S. The molecule has 0 fully saturated rings. The summed E-state index contributed by atoms with van der Waals surface area (Å²) in [5.74, 6) is -0.304. The average Bonchev–Trinajstić information content (AvgIpc) is 2.53. The van der Waals surface area contributed by atoms with Gasteiger partial charge in [0.1, 0.15) is 0 Å². The Hall–Kier alpha value is -1.78. The van der Waals surface area contributed by atoms with Gasteiger partial charge in [0.05, 0.1) is 12.7 Å². The van der Waals surface area contributed by atoms with E-state index in [0.717, 1.165) is 30.0 Å². The van der Waals surface area contributed by atoms with Crippen LogP contribution in [0.25, 0.3) is 0 Å². The summed E-state index contributed by atoms with van der Waals surface area (Å²) >= 11 is 4.27. The highest BCUT2D eigenvalue weighted by Crippen LogP contribution is 2.08. The molecule has 0 saturated carbocycles. The van der Waals surface area contributed by atoms with E-state index in [4.69, 9.17) is 0 Å². The SMILES string of the molecule is COC(=O)c1ccc(CNCCc2ccc(S)cc2)cc1. The molecule has 0 saturated heterocycles. The zero-order chi connectivity index (χ0) is 15.1. The maximum Gasteiger partial charge on any atom is 0.337 e. The summed E-state index contributed by atoms with van der Waals surface area (Å²) in [5, 5.41) is 3.39. The highest BCUT2D eigenvalue weighted by molar-refractivity contribution is 7.80. The number of rotatable bonds is 6. The molecule has 1 N–H and O–H groups in total. The van der Waals surface area contributed by atoms with E-state index < -0.39 is 0 Å². The summed E-state index contributed by atoms with van der Waals surface area (Å²) in [4.78, 5) is 12.3. The first-order chi connectivity index (χ1) is 10.2. The predicted octanol–water partition coefficient (Wildman–Crippen LogP) is 3.09. The maximum absolute atomic E-state index is 11.3. The van der Waals surface area contributed by atoms with Gasteiger partial charge in [0.2, 0.25) is 0 Å². The standard InChI is InChI=1S/C17H19NO2S/c1-20-17(19)15-6-2-14(3-7-15)12-18-11-10-13-4-8-16(21)9-5-13/h2-9,18,21H,10-12H2,1H3. The van der Waals surface area contributed by atoms with Crippen LogP contribution in [0.3, 0.4) is 0 Å². The lowest BCUT2D eigenvalue weighted by atomic mass is 10.1. The van der Waals surface area contributed by atoms with Crippen molar-refractivity contribution >= 4 is 18.6 Å². The topological polar surface area (TPSA) is 38.3 Å². The number of carbonyl (C=O) groups is 1. The average molecular weight is 301 g/mol. The molecule has 2 aromatic rings. The molecule has 0 unspecified atom stereocenters. The molecule has 2 rings (SSSR count). The summed E-state index contributed by atoms with van der Waals surface area (Å²) in [6.45, 7) is 1.69. The van der Waals surface area contributed by atoms with Gasteiger partial charge in [-0.25, -0.2) is 4.79 Å². The van der Waals surface area contributed by atoms with E-state index in [1.54, 1.807) is 12.1 Å². The van der Waals surface area contributed by atoms with Crippen molar-refractivity contribution < 1.29 is 9.53 Å². The lowest BCUT2D eigenvalue weighted by Gasteiger charge is -2.06. The van der Waals surface area contributed by atoms with Crippen molar-refractivity contribution in [2.75, 3.05) is 13.7 Å². The van der Waals surface area contributed by atoms with Gasteiger partial charge in [-0.2, -0.15) is 0 Å². The van der Waals surface area contributed by atoms with E-state index in [0.29, 0.717) is 5.56 Å². The van der Waals surface area contributed by atoms with Gasteiger partial charge < -0.3 is 10.1 Å². The fraction of sp³-hybridized carbons (Fsp3) is 0.235. The van der Waals surface area contributed by atoms with E-state index in [1.807, 2.05) is 24.3 Å². The Bertz CT molecular complexity index is 579. The molecule has 0 heterocycles. The molecule has 3 nitrogen and oxygen atoms in total. The molecule has 110 valence electrons. The van der Waals surface area contributed by atoms with Crippen LogP contribution in [0.4, 0.5) is 0 Å². The first-order valence-corrected chi connectivity index (χ1v) is 7.29. The molecule has 0 amide bonds. The van der Waals surface area contributed by atoms with Crippen molar-refractivity contribution in [3.63, 3.8) is 0 Å². The normalized spacial score (nSPS) is 10.4. The first-order valence-electron chi connectivity index (χ1n) is 6.85. The van der Waals surface area contributed by atoms with Crippen LogP contribution >= 0.6 is 12.6 Å². The van der Waals surface area contributed by atoms with Crippen LogP contribution in [-0.4, -0.2) is 19.6 Å². The van der Waals surface area contributed by atoms with Crippen molar-refractivity contribution in [2.45, 2.75) is 17.9 Å². The number of hydrogen-bond donors (Lipinski definition) is 2. The maximum atomic E-state index is 11.3. The number of ether oxygens (including phenoxy) is 1. The van der Waals surface area contributed by atoms with Gasteiger partial charge >= 0.3 is 5.97 Å². The number of thiol groups is 1. The Morgan fingerprint density at radius 1 is 1.05 bits per heavy atom. The summed E-state index contributed by atoms with van der Waals surface area (Å²) in [6.07, 6.45) is 0.980. The number of hydrogen-bond acceptors (Lipinski definition) is 4. The van der Waals surface area contributed by atoms with E-state index in [2.05, 4.69) is 34.8 Å². The summed E-state index contributed by atoms with van der Waals surface area (Å²) < 4.78 is 4.67. The molecule has 0 radical (unpaired) electrons. The minimum absolute atomic E-state index is 0.304. The van der Waals surface area contributed by atoms with E-state index >= 15 is 0 Å². The van der Waals surface area contributed by atoms with E-state index in [1.165, 1.54) is 12.7 Å². The largest absolute Gasteiger partial charge is 0.465 e. The van der Waals surface area contributed by atoms with Crippen LogP contribution in [0.15, 0.2) is 53.4 Å². The molecule has 0 aliphatic heterocycles. The van der Waals surface area contributed by atoms with Crippen molar-refractivity contribution in [3.8, 4) is 0 Å². The van der Waals surface area contributed by atoms with Crippen molar-refractivity contribution in [2.24, 2.45) is 0 Å². The summed E-state index contributed by atoms with van der Waals surface area (Å²) in [5.41, 5.74) is 3.02. The number of benzene rings is 2. The third-order valence-electron chi connectivity index (χ3n) is 3.23. The minimum Gasteiger partial charge on any atom is -0.465 e. The molecule has 0 spiro atoms. The number of esters is 1. The van der Waals surface area contributed by atoms with Crippen LogP contribution in [0.1, 0.15) is 21.5 Å². The Morgan fingerprint density at radius 3 is 2.29 bits per heavy atom. The number of methoxy groups -OCH3 is 1. The van der Waals surface area contributed by atoms with Crippen LogP contribution in [0.2, 0.25) is 0 Å². The van der Waals surface area contributed by atoms with Gasteiger partial charge in [-0.1, -0.05) is 24.3 Å². The molecular weight excluding hydrogens is 282 g/mol. The zero-order valence-corrected chi connectivity index (χ0v) is 12.9. The van der Waals surface area contributed by atoms with Gasteiger partial charge in [-0.05, 0) is 48.4 Å². The monoisotopic (exact) mass is 301 g/mol. The highest BCUT2D eigenvalue weighted by Gasteiger charge is 2.03. The van der Waals surface area contributed by atoms with Gasteiger partial charge in [-0.15, -0.1) is 12.6 Å². The Labute approximate surface area is 130 Å².